The summed E-state index contributed by atoms with van der Waals surface area (Å²) in [4.78, 5) is 26.4. The maximum atomic E-state index is 12.8. The van der Waals surface area contributed by atoms with Crippen LogP contribution in [-0.2, 0) is 11.2 Å². The molecule has 0 radical (unpaired) electrons. The number of aryl methyl sites for hydroxylation is 2. The van der Waals surface area contributed by atoms with E-state index in [0.29, 0.717) is 10.6 Å². The Hall–Kier alpha value is -2.34. The summed E-state index contributed by atoms with van der Waals surface area (Å²) in [5, 5.41) is 3.67. The van der Waals surface area contributed by atoms with E-state index in [1.54, 1.807) is 18.2 Å². The van der Waals surface area contributed by atoms with Crippen LogP contribution in [0.3, 0.4) is 0 Å². The second-order valence-electron chi connectivity index (χ2n) is 6.73. The Morgan fingerprint density at radius 2 is 1.80 bits per heavy atom. The number of amides is 1. The molecule has 0 saturated heterocycles. The lowest BCUT2D eigenvalue weighted by Crippen LogP contribution is -2.14. The van der Waals surface area contributed by atoms with E-state index in [1.807, 2.05) is 19.1 Å². The molecule has 3 rings (SSSR count). The minimum atomic E-state index is -0.514. The lowest BCUT2D eigenvalue weighted by Gasteiger charge is -2.10. The van der Waals surface area contributed by atoms with E-state index in [9.17, 15) is 9.59 Å². The van der Waals surface area contributed by atoms with Gasteiger partial charge in [-0.15, -0.1) is 11.3 Å². The maximum absolute atomic E-state index is 12.8. The average molecular weight is 462 g/mol. The van der Waals surface area contributed by atoms with Crippen LogP contribution in [0.1, 0.15) is 44.5 Å². The predicted octanol–water partition coefficient (Wildman–Crippen LogP) is 7.02. The topological polar surface area (TPSA) is 55.4 Å². The molecule has 0 bridgehead atoms. The zero-order valence-corrected chi connectivity index (χ0v) is 19.2. The third-order valence-electron chi connectivity index (χ3n) is 4.68. The predicted molar refractivity (Wildman–Crippen MR) is 124 cm³/mol. The highest BCUT2D eigenvalue weighted by molar-refractivity contribution is 7.17. The maximum Gasteiger partial charge on any atom is 0.341 e. The number of carbonyl (C=O) groups excluding carboxylic acids is 2. The molecule has 0 aliphatic heterocycles. The van der Waals surface area contributed by atoms with Crippen molar-refractivity contribution in [2.75, 3.05) is 12.4 Å². The first-order chi connectivity index (χ1) is 14.4. The van der Waals surface area contributed by atoms with E-state index < -0.39 is 11.9 Å². The molecule has 0 saturated carbocycles. The molecule has 0 atom stereocenters. The van der Waals surface area contributed by atoms with Gasteiger partial charge in [-0.1, -0.05) is 66.9 Å². The summed E-state index contributed by atoms with van der Waals surface area (Å²) in [6, 6.07) is 12.9. The molecule has 1 aromatic heterocycles. The van der Waals surface area contributed by atoms with Gasteiger partial charge in [-0.2, -0.15) is 0 Å². The second-order valence-corrected chi connectivity index (χ2v) is 8.74. The van der Waals surface area contributed by atoms with Crippen molar-refractivity contribution in [3.05, 3.63) is 74.1 Å². The SMILES string of the molecule is CCCc1ccc(-c2c(C)sc(NC(=O)c3cccc(Cl)c3Cl)c2C(=O)OC)cc1. The van der Waals surface area contributed by atoms with Gasteiger partial charge in [0.25, 0.3) is 5.91 Å². The van der Waals surface area contributed by atoms with Crippen LogP contribution in [0.4, 0.5) is 5.00 Å². The summed E-state index contributed by atoms with van der Waals surface area (Å²) in [5.74, 6) is -0.960. The number of halogens is 2. The van der Waals surface area contributed by atoms with Crippen molar-refractivity contribution in [1.29, 1.82) is 0 Å². The number of ether oxygens (including phenoxy) is 1. The van der Waals surface area contributed by atoms with Gasteiger partial charge >= 0.3 is 5.97 Å². The molecule has 0 spiro atoms. The van der Waals surface area contributed by atoms with Gasteiger partial charge in [-0.05, 0) is 36.6 Å². The summed E-state index contributed by atoms with van der Waals surface area (Å²) >= 11 is 13.5. The van der Waals surface area contributed by atoms with Crippen LogP contribution in [0.5, 0.6) is 0 Å². The summed E-state index contributed by atoms with van der Waals surface area (Å²) in [6.07, 6.45) is 2.06. The lowest BCUT2D eigenvalue weighted by atomic mass is 9.99. The lowest BCUT2D eigenvalue weighted by molar-refractivity contribution is 0.0603. The van der Waals surface area contributed by atoms with Crippen molar-refractivity contribution in [2.24, 2.45) is 0 Å². The van der Waals surface area contributed by atoms with E-state index in [1.165, 1.54) is 24.0 Å². The minimum Gasteiger partial charge on any atom is -0.465 e. The Bertz CT molecular complexity index is 1090. The highest BCUT2D eigenvalue weighted by atomic mass is 35.5. The van der Waals surface area contributed by atoms with Crippen LogP contribution < -0.4 is 5.32 Å². The molecule has 1 amide bonds. The number of carbonyl (C=O) groups is 2. The summed E-state index contributed by atoms with van der Waals surface area (Å²) < 4.78 is 5.01. The van der Waals surface area contributed by atoms with Gasteiger partial charge in [0.15, 0.2) is 0 Å². The van der Waals surface area contributed by atoms with Crippen LogP contribution in [-0.4, -0.2) is 19.0 Å². The number of methoxy groups -OCH3 is 1. The Morgan fingerprint density at radius 1 is 1.10 bits per heavy atom. The molecule has 1 heterocycles. The van der Waals surface area contributed by atoms with Crippen molar-refractivity contribution >= 4 is 51.4 Å². The van der Waals surface area contributed by atoms with Gasteiger partial charge < -0.3 is 10.1 Å². The Kier molecular flexibility index (Phi) is 7.19. The van der Waals surface area contributed by atoms with E-state index in [-0.39, 0.29) is 15.6 Å². The number of esters is 1. The number of benzene rings is 2. The average Bonchev–Trinajstić information content (AvgIpc) is 3.05. The smallest absolute Gasteiger partial charge is 0.341 e. The molecule has 7 heteroatoms. The number of hydrogen-bond donors (Lipinski definition) is 1. The van der Waals surface area contributed by atoms with Crippen molar-refractivity contribution in [3.8, 4) is 11.1 Å². The van der Waals surface area contributed by atoms with Crippen molar-refractivity contribution in [1.82, 2.24) is 0 Å². The summed E-state index contributed by atoms with van der Waals surface area (Å²) in [6.45, 7) is 4.04. The van der Waals surface area contributed by atoms with Gasteiger partial charge in [-0.25, -0.2) is 4.79 Å². The summed E-state index contributed by atoms with van der Waals surface area (Å²) in [5.41, 5.74) is 3.44. The normalized spacial score (nSPS) is 10.7. The Morgan fingerprint density at radius 3 is 2.43 bits per heavy atom. The van der Waals surface area contributed by atoms with Crippen LogP contribution in [0.25, 0.3) is 11.1 Å². The molecule has 2 aromatic carbocycles. The fourth-order valence-corrected chi connectivity index (χ4v) is 4.70. The molecular weight excluding hydrogens is 441 g/mol. The molecule has 156 valence electrons. The number of nitrogens with one attached hydrogen (secondary N) is 1. The first kappa shape index (κ1) is 22.3. The van der Waals surface area contributed by atoms with Crippen LogP contribution in [0.15, 0.2) is 42.5 Å². The molecular formula is C23H21Cl2NO3S. The van der Waals surface area contributed by atoms with E-state index >= 15 is 0 Å². The highest BCUT2D eigenvalue weighted by Gasteiger charge is 2.26. The van der Waals surface area contributed by atoms with Gasteiger partial charge in [0.2, 0.25) is 0 Å². The third-order valence-corrected chi connectivity index (χ3v) is 6.52. The molecule has 0 aliphatic carbocycles. The van der Waals surface area contributed by atoms with Crippen LogP contribution >= 0.6 is 34.5 Å². The number of hydrogen-bond acceptors (Lipinski definition) is 4. The van der Waals surface area contributed by atoms with Gasteiger partial charge in [0, 0.05) is 10.4 Å². The number of thiophene rings is 1. The van der Waals surface area contributed by atoms with E-state index in [4.69, 9.17) is 27.9 Å². The summed E-state index contributed by atoms with van der Waals surface area (Å²) in [7, 11) is 1.32. The first-order valence-corrected chi connectivity index (χ1v) is 11.0. The first-order valence-electron chi connectivity index (χ1n) is 9.43. The number of anilines is 1. The highest BCUT2D eigenvalue weighted by Crippen LogP contribution is 2.41. The van der Waals surface area contributed by atoms with Gasteiger partial charge in [0.1, 0.15) is 10.6 Å². The molecule has 0 aliphatic rings. The Balaban J connectivity index is 2.03. The van der Waals surface area contributed by atoms with E-state index in [2.05, 4.69) is 24.4 Å². The zero-order valence-electron chi connectivity index (χ0n) is 16.8. The zero-order chi connectivity index (χ0) is 21.8. The monoisotopic (exact) mass is 461 g/mol. The Labute approximate surface area is 189 Å². The molecule has 3 aromatic rings. The van der Waals surface area contributed by atoms with Crippen molar-refractivity contribution in [3.63, 3.8) is 0 Å². The van der Waals surface area contributed by atoms with E-state index in [0.717, 1.165) is 28.8 Å². The fraction of sp³-hybridized carbons (Fsp3) is 0.217. The fourth-order valence-electron chi connectivity index (χ4n) is 3.25. The molecule has 1 N–H and O–H groups in total. The second kappa shape index (κ2) is 9.65. The standard InChI is InChI=1S/C23H21Cl2NO3S/c1-4-6-14-9-11-15(12-10-14)18-13(2)30-22(19(18)23(28)29-3)26-21(27)16-7-5-8-17(24)20(16)25/h5,7-12H,4,6H2,1-3H3,(H,26,27). The van der Waals surface area contributed by atoms with Gasteiger partial charge in [-0.3, -0.25) is 4.79 Å². The van der Waals surface area contributed by atoms with Gasteiger partial charge in [0.05, 0.1) is 22.7 Å². The number of rotatable bonds is 6. The van der Waals surface area contributed by atoms with Crippen molar-refractivity contribution < 1.29 is 14.3 Å². The minimum absolute atomic E-state index is 0.163. The molecule has 4 nitrogen and oxygen atoms in total. The largest absolute Gasteiger partial charge is 0.465 e. The van der Waals surface area contributed by atoms with Crippen LogP contribution in [0, 0.1) is 6.92 Å². The quantitative estimate of drug-likeness (QED) is 0.401. The third kappa shape index (κ3) is 4.53. The van der Waals surface area contributed by atoms with Crippen LogP contribution in [0.2, 0.25) is 10.0 Å². The van der Waals surface area contributed by atoms with Crippen molar-refractivity contribution in [2.45, 2.75) is 26.7 Å². The molecule has 0 fully saturated rings. The molecule has 30 heavy (non-hydrogen) atoms. The molecule has 0 unspecified atom stereocenters.